The summed E-state index contributed by atoms with van der Waals surface area (Å²) in [6, 6.07) is 12.4. The van der Waals surface area contributed by atoms with E-state index in [0.717, 1.165) is 63.6 Å². The standard InChI is InChI=1S/C25H33FN4O/c26-23-10-8-21(9-11-23)19-25(31)30-14-4-6-22(20-30)5-3-13-28-15-17-29(18-16-28)24-7-1-2-12-27-24/h1-2,7-12,22H,3-6,13-20H2/t22-/m0/s1. The van der Waals surface area contributed by atoms with Crippen LogP contribution in [0.15, 0.2) is 48.7 Å². The fourth-order valence-corrected chi connectivity index (χ4v) is 4.76. The van der Waals surface area contributed by atoms with E-state index in [4.69, 9.17) is 0 Å². The molecule has 6 heteroatoms. The zero-order valence-corrected chi connectivity index (χ0v) is 18.3. The van der Waals surface area contributed by atoms with E-state index in [-0.39, 0.29) is 11.7 Å². The Morgan fingerprint density at radius 1 is 1.03 bits per heavy atom. The van der Waals surface area contributed by atoms with Crippen molar-refractivity contribution in [3.63, 3.8) is 0 Å². The number of halogens is 1. The number of carbonyl (C=O) groups is 1. The van der Waals surface area contributed by atoms with Crippen molar-refractivity contribution in [1.29, 1.82) is 0 Å². The number of nitrogens with zero attached hydrogens (tertiary/aromatic N) is 4. The highest BCUT2D eigenvalue weighted by Gasteiger charge is 2.24. The zero-order chi connectivity index (χ0) is 21.5. The Labute approximate surface area is 184 Å². The molecule has 0 bridgehead atoms. The van der Waals surface area contributed by atoms with E-state index < -0.39 is 0 Å². The molecular formula is C25H33FN4O. The van der Waals surface area contributed by atoms with Crippen LogP contribution in [0.5, 0.6) is 0 Å². The lowest BCUT2D eigenvalue weighted by Crippen LogP contribution is -2.47. The second kappa shape index (κ2) is 10.7. The summed E-state index contributed by atoms with van der Waals surface area (Å²) in [5.74, 6) is 1.59. The van der Waals surface area contributed by atoms with Gasteiger partial charge >= 0.3 is 0 Å². The van der Waals surface area contributed by atoms with Crippen molar-refractivity contribution in [2.75, 3.05) is 50.7 Å². The first-order chi connectivity index (χ1) is 15.2. The number of anilines is 1. The van der Waals surface area contributed by atoms with E-state index in [9.17, 15) is 9.18 Å². The zero-order valence-electron chi connectivity index (χ0n) is 18.3. The Balaban J connectivity index is 1.16. The van der Waals surface area contributed by atoms with Crippen LogP contribution in [-0.2, 0) is 11.2 Å². The molecule has 0 radical (unpaired) electrons. The molecule has 166 valence electrons. The number of piperidine rings is 1. The summed E-state index contributed by atoms with van der Waals surface area (Å²) in [5, 5.41) is 0. The van der Waals surface area contributed by atoms with Crippen molar-refractivity contribution in [3.8, 4) is 0 Å². The average Bonchev–Trinajstić information content (AvgIpc) is 2.82. The number of amides is 1. The van der Waals surface area contributed by atoms with Gasteiger partial charge in [-0.2, -0.15) is 0 Å². The Morgan fingerprint density at radius 2 is 1.84 bits per heavy atom. The minimum Gasteiger partial charge on any atom is -0.354 e. The Kier molecular flexibility index (Phi) is 7.52. The van der Waals surface area contributed by atoms with Gasteiger partial charge in [0.2, 0.25) is 5.91 Å². The van der Waals surface area contributed by atoms with Crippen LogP contribution < -0.4 is 4.90 Å². The summed E-state index contributed by atoms with van der Waals surface area (Å²) >= 11 is 0. The highest BCUT2D eigenvalue weighted by atomic mass is 19.1. The lowest BCUT2D eigenvalue weighted by Gasteiger charge is -2.36. The van der Waals surface area contributed by atoms with Gasteiger partial charge in [-0.1, -0.05) is 18.2 Å². The number of rotatable bonds is 7. The first-order valence-electron chi connectivity index (χ1n) is 11.6. The van der Waals surface area contributed by atoms with Gasteiger partial charge in [0.1, 0.15) is 11.6 Å². The molecule has 4 rings (SSSR count). The van der Waals surface area contributed by atoms with Crippen molar-refractivity contribution in [2.45, 2.75) is 32.1 Å². The van der Waals surface area contributed by atoms with Crippen LogP contribution in [0.2, 0.25) is 0 Å². The maximum Gasteiger partial charge on any atom is 0.226 e. The number of hydrogen-bond donors (Lipinski definition) is 0. The predicted molar refractivity (Wildman–Crippen MR) is 122 cm³/mol. The van der Waals surface area contributed by atoms with Gasteiger partial charge in [0.15, 0.2) is 0 Å². The van der Waals surface area contributed by atoms with E-state index in [2.05, 4.69) is 20.9 Å². The monoisotopic (exact) mass is 424 g/mol. The van der Waals surface area contributed by atoms with Crippen LogP contribution >= 0.6 is 0 Å². The van der Waals surface area contributed by atoms with E-state index in [0.29, 0.717) is 12.3 Å². The van der Waals surface area contributed by atoms with Gasteiger partial charge < -0.3 is 9.80 Å². The second-order valence-electron chi connectivity index (χ2n) is 8.81. The van der Waals surface area contributed by atoms with Gasteiger partial charge in [-0.3, -0.25) is 9.69 Å². The molecule has 1 aromatic carbocycles. The van der Waals surface area contributed by atoms with E-state index in [1.165, 1.54) is 31.4 Å². The first kappa shape index (κ1) is 21.8. The van der Waals surface area contributed by atoms with Gasteiger partial charge in [-0.05, 0) is 68.0 Å². The number of carbonyl (C=O) groups excluding carboxylic acids is 1. The lowest BCUT2D eigenvalue weighted by molar-refractivity contribution is -0.132. The molecule has 0 aliphatic carbocycles. The van der Waals surface area contributed by atoms with Gasteiger partial charge in [0, 0.05) is 45.5 Å². The molecule has 2 saturated heterocycles. The summed E-state index contributed by atoms with van der Waals surface area (Å²) in [6.07, 6.45) is 6.90. The fraction of sp³-hybridized carbons (Fsp3) is 0.520. The number of aromatic nitrogens is 1. The van der Waals surface area contributed by atoms with E-state index in [1.54, 1.807) is 12.1 Å². The van der Waals surface area contributed by atoms with Gasteiger partial charge in [-0.15, -0.1) is 0 Å². The molecule has 0 unspecified atom stereocenters. The van der Waals surface area contributed by atoms with E-state index >= 15 is 0 Å². The highest BCUT2D eigenvalue weighted by molar-refractivity contribution is 5.78. The third-order valence-electron chi connectivity index (χ3n) is 6.57. The topological polar surface area (TPSA) is 39.7 Å². The number of likely N-dealkylation sites (tertiary alicyclic amines) is 1. The normalized spacial score (nSPS) is 20.1. The molecule has 2 aliphatic heterocycles. The van der Waals surface area contributed by atoms with Crippen LogP contribution in [0.25, 0.3) is 0 Å². The maximum atomic E-state index is 13.1. The number of pyridine rings is 1. The molecule has 1 atom stereocenters. The van der Waals surface area contributed by atoms with Crippen LogP contribution in [0.4, 0.5) is 10.2 Å². The Morgan fingerprint density at radius 3 is 2.58 bits per heavy atom. The molecule has 0 spiro atoms. The predicted octanol–water partition coefficient (Wildman–Crippen LogP) is 3.60. The molecule has 2 aromatic rings. The van der Waals surface area contributed by atoms with Crippen molar-refractivity contribution in [1.82, 2.24) is 14.8 Å². The van der Waals surface area contributed by atoms with Crippen LogP contribution in [0.3, 0.4) is 0 Å². The Bertz CT molecular complexity index is 821. The fourth-order valence-electron chi connectivity index (χ4n) is 4.76. The molecular weight excluding hydrogens is 391 g/mol. The Hall–Kier alpha value is -2.47. The molecule has 3 heterocycles. The number of benzene rings is 1. The molecule has 31 heavy (non-hydrogen) atoms. The third kappa shape index (κ3) is 6.26. The van der Waals surface area contributed by atoms with Crippen molar-refractivity contribution in [3.05, 3.63) is 60.0 Å². The average molecular weight is 425 g/mol. The SMILES string of the molecule is O=C(Cc1ccc(F)cc1)N1CCC[C@H](CCCN2CCN(c3ccccn3)CC2)C1. The van der Waals surface area contributed by atoms with Crippen molar-refractivity contribution < 1.29 is 9.18 Å². The molecule has 2 aliphatic rings. The highest BCUT2D eigenvalue weighted by Crippen LogP contribution is 2.22. The largest absolute Gasteiger partial charge is 0.354 e. The van der Waals surface area contributed by atoms with Gasteiger partial charge in [-0.25, -0.2) is 9.37 Å². The molecule has 1 aromatic heterocycles. The smallest absolute Gasteiger partial charge is 0.226 e. The van der Waals surface area contributed by atoms with Crippen LogP contribution in [-0.4, -0.2) is 66.5 Å². The molecule has 5 nitrogen and oxygen atoms in total. The summed E-state index contributed by atoms with van der Waals surface area (Å²) in [6.45, 7) is 7.10. The molecule has 0 N–H and O–H groups in total. The minimum atomic E-state index is -0.257. The van der Waals surface area contributed by atoms with Crippen molar-refractivity contribution in [2.24, 2.45) is 5.92 Å². The summed E-state index contributed by atoms with van der Waals surface area (Å²) in [5.41, 5.74) is 0.887. The van der Waals surface area contributed by atoms with Crippen LogP contribution in [0, 0.1) is 11.7 Å². The quantitative estimate of drug-likeness (QED) is 0.681. The molecule has 1 amide bonds. The maximum absolute atomic E-state index is 13.1. The minimum absolute atomic E-state index is 0.168. The molecule has 2 fully saturated rings. The second-order valence-corrected chi connectivity index (χ2v) is 8.81. The number of hydrogen-bond acceptors (Lipinski definition) is 4. The van der Waals surface area contributed by atoms with Crippen molar-refractivity contribution >= 4 is 11.7 Å². The molecule has 0 saturated carbocycles. The third-order valence-corrected chi connectivity index (χ3v) is 6.57. The summed E-state index contributed by atoms with van der Waals surface area (Å²) in [7, 11) is 0. The van der Waals surface area contributed by atoms with Gasteiger partial charge in [0.25, 0.3) is 0 Å². The summed E-state index contributed by atoms with van der Waals surface area (Å²) < 4.78 is 13.1. The lowest BCUT2D eigenvalue weighted by atomic mass is 9.93. The number of piperazine rings is 1. The van der Waals surface area contributed by atoms with E-state index in [1.807, 2.05) is 23.2 Å². The summed E-state index contributed by atoms with van der Waals surface area (Å²) in [4.78, 5) is 24.1. The van der Waals surface area contributed by atoms with Gasteiger partial charge in [0.05, 0.1) is 6.42 Å². The van der Waals surface area contributed by atoms with Crippen LogP contribution in [0.1, 0.15) is 31.2 Å². The first-order valence-corrected chi connectivity index (χ1v) is 11.6.